The Kier molecular flexibility index (Phi) is 3.42. The molecule has 0 aromatic heterocycles. The van der Waals surface area contributed by atoms with E-state index >= 15 is 0 Å². The molecule has 0 aromatic rings. The topological polar surface area (TPSA) is 16.6 Å². The summed E-state index contributed by atoms with van der Waals surface area (Å²) in [4.78, 5) is 0. The van der Waals surface area contributed by atoms with E-state index < -0.39 is 0 Å². The van der Waals surface area contributed by atoms with Crippen LogP contribution in [0.1, 0.15) is 59.8 Å². The predicted molar refractivity (Wildman–Crippen MR) is 73.3 cm³/mol. The second-order valence-corrected chi connectivity index (χ2v) is 7.15. The van der Waals surface area contributed by atoms with E-state index in [9.17, 15) is 0 Å². The van der Waals surface area contributed by atoms with Crippen molar-refractivity contribution >= 4 is 0 Å². The highest BCUT2D eigenvalue weighted by molar-refractivity contribution is 5.23. The van der Waals surface area contributed by atoms with E-state index in [0.29, 0.717) is 11.3 Å². The molecule has 0 unspecified atom stereocenters. The van der Waals surface area contributed by atoms with Crippen molar-refractivity contribution in [2.75, 3.05) is 0 Å². The second-order valence-electron chi connectivity index (χ2n) is 7.15. The SMILES string of the molecule is [CH2-][NH2+]C(C)(C)[C@@H]1C=C2[C@@H](C)CCC[C@]2(C)CC1. The normalized spacial score (nSPS) is 38.5. The summed E-state index contributed by atoms with van der Waals surface area (Å²) in [6.07, 6.45) is 9.56. The number of hydrogen-bond acceptors (Lipinski definition) is 0. The molecule has 0 aromatic carbocycles. The summed E-state index contributed by atoms with van der Waals surface area (Å²) in [5.74, 6) is 1.50. The van der Waals surface area contributed by atoms with E-state index in [1.165, 1.54) is 32.1 Å². The van der Waals surface area contributed by atoms with Crippen molar-refractivity contribution in [1.29, 1.82) is 0 Å². The number of allylic oxidation sites excluding steroid dienone is 1. The van der Waals surface area contributed by atoms with Gasteiger partial charge in [0.2, 0.25) is 0 Å². The van der Waals surface area contributed by atoms with Crippen LogP contribution in [0.4, 0.5) is 0 Å². The van der Waals surface area contributed by atoms with Crippen LogP contribution >= 0.6 is 0 Å². The van der Waals surface area contributed by atoms with Gasteiger partial charge in [0, 0.05) is 5.92 Å². The molecule has 1 saturated carbocycles. The summed E-state index contributed by atoms with van der Waals surface area (Å²) in [6.45, 7) is 9.58. The van der Waals surface area contributed by atoms with Crippen LogP contribution in [0.5, 0.6) is 0 Å². The Hall–Kier alpha value is -0.300. The third-order valence-electron chi connectivity index (χ3n) is 5.46. The van der Waals surface area contributed by atoms with Gasteiger partial charge < -0.3 is 5.32 Å². The molecule has 0 aliphatic heterocycles. The molecule has 0 amide bonds. The van der Waals surface area contributed by atoms with Gasteiger partial charge in [0.05, 0.1) is 5.54 Å². The molecule has 2 rings (SSSR count). The molecule has 2 aliphatic rings. The minimum atomic E-state index is 0.255. The van der Waals surface area contributed by atoms with Crippen LogP contribution in [0, 0.1) is 24.3 Å². The van der Waals surface area contributed by atoms with Crippen LogP contribution in [0.3, 0.4) is 0 Å². The van der Waals surface area contributed by atoms with Crippen molar-refractivity contribution in [3.8, 4) is 0 Å². The molecule has 0 bridgehead atoms. The van der Waals surface area contributed by atoms with Gasteiger partial charge >= 0.3 is 0 Å². The van der Waals surface area contributed by atoms with Crippen molar-refractivity contribution in [3.05, 3.63) is 18.7 Å². The average molecular weight is 235 g/mol. The number of quaternary nitrogens is 1. The molecule has 0 saturated heterocycles. The number of rotatable bonds is 2. The Balaban J connectivity index is 2.28. The van der Waals surface area contributed by atoms with E-state index in [2.05, 4.69) is 46.1 Å². The van der Waals surface area contributed by atoms with Gasteiger partial charge in [-0.15, -0.1) is 0 Å². The molecule has 0 radical (unpaired) electrons. The summed E-state index contributed by atoms with van der Waals surface area (Å²) in [5.41, 5.74) is 2.53. The maximum atomic E-state index is 4.02. The van der Waals surface area contributed by atoms with Gasteiger partial charge in [-0.1, -0.05) is 31.9 Å². The van der Waals surface area contributed by atoms with Crippen LogP contribution in [-0.4, -0.2) is 5.54 Å². The Morgan fingerprint density at radius 3 is 2.71 bits per heavy atom. The molecule has 2 N–H and O–H groups in total. The number of fused-ring (bicyclic) bond motifs is 1. The fourth-order valence-corrected chi connectivity index (χ4v) is 3.84. The maximum Gasteiger partial charge on any atom is 0.0729 e. The molecular weight excluding hydrogens is 206 g/mol. The zero-order valence-corrected chi connectivity index (χ0v) is 12.1. The Morgan fingerprint density at radius 1 is 1.35 bits per heavy atom. The minimum absolute atomic E-state index is 0.255. The highest BCUT2D eigenvalue weighted by atomic mass is 14.9. The molecule has 1 fully saturated rings. The first-order chi connectivity index (χ1) is 7.89. The summed E-state index contributed by atoms with van der Waals surface area (Å²) in [6, 6.07) is 0. The van der Waals surface area contributed by atoms with Crippen LogP contribution in [0.25, 0.3) is 0 Å². The van der Waals surface area contributed by atoms with Gasteiger partial charge in [0.15, 0.2) is 0 Å². The number of hydrogen-bond donors (Lipinski definition) is 1. The molecular formula is C16H29N. The minimum Gasteiger partial charge on any atom is -0.474 e. The smallest absolute Gasteiger partial charge is 0.0729 e. The van der Waals surface area contributed by atoms with E-state index in [4.69, 9.17) is 0 Å². The summed E-state index contributed by atoms with van der Waals surface area (Å²) < 4.78 is 0. The van der Waals surface area contributed by atoms with Crippen LogP contribution in [-0.2, 0) is 0 Å². The van der Waals surface area contributed by atoms with Crippen LogP contribution in [0.2, 0.25) is 0 Å². The third-order valence-corrected chi connectivity index (χ3v) is 5.46. The first-order valence-electron chi connectivity index (χ1n) is 7.25. The van der Waals surface area contributed by atoms with Gasteiger partial charge in [-0.25, -0.2) is 0 Å². The largest absolute Gasteiger partial charge is 0.474 e. The van der Waals surface area contributed by atoms with Gasteiger partial charge in [-0.3, -0.25) is 0 Å². The van der Waals surface area contributed by atoms with E-state index in [0.717, 1.165) is 5.92 Å². The first kappa shape index (κ1) is 13.1. The van der Waals surface area contributed by atoms with Gasteiger partial charge in [0.25, 0.3) is 0 Å². The fourth-order valence-electron chi connectivity index (χ4n) is 3.84. The van der Waals surface area contributed by atoms with Gasteiger partial charge in [-0.05, 0) is 50.9 Å². The van der Waals surface area contributed by atoms with Crippen LogP contribution in [0.15, 0.2) is 11.6 Å². The van der Waals surface area contributed by atoms with Crippen molar-refractivity contribution in [1.82, 2.24) is 0 Å². The first-order valence-corrected chi connectivity index (χ1v) is 7.25. The fraction of sp³-hybridized carbons (Fsp3) is 0.812. The Bertz CT molecular complexity index is 315. The molecule has 3 atom stereocenters. The van der Waals surface area contributed by atoms with Gasteiger partial charge in [-0.2, -0.15) is 7.05 Å². The van der Waals surface area contributed by atoms with E-state index in [1.54, 1.807) is 5.57 Å². The van der Waals surface area contributed by atoms with Crippen molar-refractivity contribution in [2.45, 2.75) is 65.3 Å². The Labute approximate surface area is 107 Å². The lowest BCUT2D eigenvalue weighted by molar-refractivity contribution is -0.675. The monoisotopic (exact) mass is 235 g/mol. The molecule has 0 heterocycles. The maximum absolute atomic E-state index is 4.02. The number of nitrogens with two attached hydrogens (primary N) is 1. The third kappa shape index (κ3) is 2.31. The van der Waals surface area contributed by atoms with Crippen LogP contribution < -0.4 is 5.32 Å². The molecule has 0 spiro atoms. The van der Waals surface area contributed by atoms with E-state index in [-0.39, 0.29) is 5.54 Å². The lowest BCUT2D eigenvalue weighted by Gasteiger charge is -2.47. The summed E-state index contributed by atoms with van der Waals surface area (Å²) >= 11 is 0. The summed E-state index contributed by atoms with van der Waals surface area (Å²) in [5, 5.41) is 2.14. The lowest BCUT2D eigenvalue weighted by atomic mass is 9.59. The molecule has 2 aliphatic carbocycles. The molecule has 1 heteroatoms. The predicted octanol–water partition coefficient (Wildman–Crippen LogP) is 3.28. The van der Waals surface area contributed by atoms with Gasteiger partial charge in [0.1, 0.15) is 0 Å². The second kappa shape index (κ2) is 4.42. The standard InChI is InChI=1S/C16H29N/c1-12-7-6-9-16(4)10-8-13(11-14(12)16)15(2,3)17-5/h11-13H,5-10,17H2,1-4H3/t12-,13-,16+/m0/s1. The average Bonchev–Trinajstić information content (AvgIpc) is 2.28. The lowest BCUT2D eigenvalue weighted by Crippen LogP contribution is -2.91. The van der Waals surface area contributed by atoms with E-state index in [1.807, 2.05) is 0 Å². The Morgan fingerprint density at radius 2 is 2.06 bits per heavy atom. The highest BCUT2D eigenvalue weighted by Crippen LogP contribution is 2.51. The van der Waals surface area contributed by atoms with Crippen molar-refractivity contribution in [3.63, 3.8) is 0 Å². The van der Waals surface area contributed by atoms with Crippen molar-refractivity contribution < 1.29 is 5.32 Å². The van der Waals surface area contributed by atoms with Crippen molar-refractivity contribution in [2.24, 2.45) is 17.3 Å². The molecule has 98 valence electrons. The molecule has 17 heavy (non-hydrogen) atoms. The highest BCUT2D eigenvalue weighted by Gasteiger charge is 2.41. The molecule has 1 nitrogen and oxygen atoms in total. The summed E-state index contributed by atoms with van der Waals surface area (Å²) in [7, 11) is 4.02. The zero-order chi connectivity index (χ0) is 12.7. The quantitative estimate of drug-likeness (QED) is 0.559. The zero-order valence-electron chi connectivity index (χ0n) is 12.1.